The van der Waals surface area contributed by atoms with Gasteiger partial charge >= 0.3 is 0 Å². The van der Waals surface area contributed by atoms with E-state index in [1.807, 2.05) is 0 Å². The Morgan fingerprint density at radius 1 is 1.38 bits per heavy atom. The molecule has 8 heavy (non-hydrogen) atoms. The molecule has 0 spiro atoms. The highest BCUT2D eigenvalue weighted by Crippen LogP contribution is 2.00. The Balaban J connectivity index is 3.47. The average molecular weight is 126 g/mol. The first-order valence-corrected chi connectivity index (χ1v) is 1.91. The van der Waals surface area contributed by atoms with Crippen molar-refractivity contribution in [1.82, 2.24) is 0 Å². The van der Waals surface area contributed by atoms with E-state index in [0.29, 0.717) is 6.08 Å². The van der Waals surface area contributed by atoms with Gasteiger partial charge in [-0.1, -0.05) is 0 Å². The van der Waals surface area contributed by atoms with E-state index < -0.39 is 12.5 Å². The first-order chi connectivity index (χ1) is 3.68. The molecule has 1 nitrogen and oxygen atoms in total. The van der Waals surface area contributed by atoms with Gasteiger partial charge in [0.2, 0.25) is 0 Å². The highest BCUT2D eigenvalue weighted by molar-refractivity contribution is 4.83. The summed E-state index contributed by atoms with van der Waals surface area (Å²) in [5, 5.41) is 8.05. The van der Waals surface area contributed by atoms with Crippen LogP contribution < -0.4 is 0 Å². The van der Waals surface area contributed by atoms with Gasteiger partial charge in [-0.3, -0.25) is 0 Å². The standard InChI is InChI=1S/C4H5F3O/c5-2-1-3(8)4(6)7/h1-4,8H. The molecule has 0 aliphatic carbocycles. The summed E-state index contributed by atoms with van der Waals surface area (Å²) in [5.74, 6) is 0. The van der Waals surface area contributed by atoms with Gasteiger partial charge in [-0.15, -0.1) is 0 Å². The molecule has 1 atom stereocenters. The molecule has 0 radical (unpaired) electrons. The molecule has 4 heteroatoms. The van der Waals surface area contributed by atoms with Gasteiger partial charge in [-0.05, 0) is 6.08 Å². The number of alkyl halides is 2. The Labute approximate surface area is 44.4 Å². The first kappa shape index (κ1) is 7.49. The van der Waals surface area contributed by atoms with E-state index in [-0.39, 0.29) is 6.33 Å². The van der Waals surface area contributed by atoms with Gasteiger partial charge in [0.25, 0.3) is 6.43 Å². The van der Waals surface area contributed by atoms with Gasteiger partial charge < -0.3 is 5.11 Å². The third kappa shape index (κ3) is 2.63. The summed E-state index contributed by atoms with van der Waals surface area (Å²) in [4.78, 5) is 0. The summed E-state index contributed by atoms with van der Waals surface area (Å²) < 4.78 is 33.2. The Morgan fingerprint density at radius 2 is 1.88 bits per heavy atom. The summed E-state index contributed by atoms with van der Waals surface area (Å²) in [6.45, 7) is 0. The van der Waals surface area contributed by atoms with E-state index in [1.54, 1.807) is 0 Å². The zero-order chi connectivity index (χ0) is 6.57. The van der Waals surface area contributed by atoms with Crippen LogP contribution in [0.3, 0.4) is 0 Å². The van der Waals surface area contributed by atoms with Crippen LogP contribution in [0.1, 0.15) is 0 Å². The van der Waals surface area contributed by atoms with Crippen LogP contribution in [0.5, 0.6) is 0 Å². The summed E-state index contributed by atoms with van der Waals surface area (Å²) in [5.41, 5.74) is 0. The van der Waals surface area contributed by atoms with Crippen molar-refractivity contribution in [3.8, 4) is 0 Å². The number of halogens is 3. The number of hydrogen-bond donors (Lipinski definition) is 1. The summed E-state index contributed by atoms with van der Waals surface area (Å²) >= 11 is 0. The van der Waals surface area contributed by atoms with Crippen LogP contribution in [0.2, 0.25) is 0 Å². The molecule has 0 saturated carbocycles. The quantitative estimate of drug-likeness (QED) is 0.587. The normalized spacial score (nSPS) is 15.6. The van der Waals surface area contributed by atoms with Gasteiger partial charge in [-0.25, -0.2) is 13.2 Å². The Morgan fingerprint density at radius 3 is 2.00 bits per heavy atom. The van der Waals surface area contributed by atoms with Gasteiger partial charge in [0.15, 0.2) is 0 Å². The molecular weight excluding hydrogens is 121 g/mol. The van der Waals surface area contributed by atoms with E-state index in [9.17, 15) is 13.2 Å². The van der Waals surface area contributed by atoms with Crippen molar-refractivity contribution >= 4 is 0 Å². The van der Waals surface area contributed by atoms with Crippen molar-refractivity contribution in [3.05, 3.63) is 12.4 Å². The summed E-state index contributed by atoms with van der Waals surface area (Å²) in [6.07, 6.45) is -4.61. The molecule has 0 bridgehead atoms. The number of aliphatic hydroxyl groups excluding tert-OH is 1. The Bertz CT molecular complexity index is 81.4. The molecule has 1 N–H and O–H groups in total. The molecular formula is C4H5F3O. The van der Waals surface area contributed by atoms with Gasteiger partial charge in [0, 0.05) is 0 Å². The molecule has 0 fully saturated rings. The van der Waals surface area contributed by atoms with Crippen molar-refractivity contribution in [2.24, 2.45) is 0 Å². The fraction of sp³-hybridized carbons (Fsp3) is 0.500. The molecule has 0 aromatic heterocycles. The second kappa shape index (κ2) is 3.49. The van der Waals surface area contributed by atoms with Gasteiger partial charge in [-0.2, -0.15) is 0 Å². The Hall–Kier alpha value is -0.510. The molecule has 0 rings (SSSR count). The zero-order valence-corrected chi connectivity index (χ0v) is 3.89. The number of rotatable bonds is 2. The van der Waals surface area contributed by atoms with Gasteiger partial charge in [0.1, 0.15) is 6.10 Å². The minimum absolute atomic E-state index is 0.114. The first-order valence-electron chi connectivity index (χ1n) is 1.91. The molecule has 1 unspecified atom stereocenters. The highest BCUT2D eigenvalue weighted by Gasteiger charge is 2.11. The van der Waals surface area contributed by atoms with E-state index >= 15 is 0 Å². The second-order valence-corrected chi connectivity index (χ2v) is 1.14. The average Bonchev–Trinajstić information content (AvgIpc) is 1.67. The minimum atomic E-state index is -2.90. The lowest BCUT2D eigenvalue weighted by atomic mass is 10.4. The van der Waals surface area contributed by atoms with Crippen molar-refractivity contribution in [2.45, 2.75) is 12.5 Å². The number of aliphatic hydroxyl groups is 1. The van der Waals surface area contributed by atoms with Crippen molar-refractivity contribution in [1.29, 1.82) is 0 Å². The third-order valence-electron chi connectivity index (χ3n) is 0.528. The molecule has 48 valence electrons. The summed E-state index contributed by atoms with van der Waals surface area (Å²) in [6, 6.07) is 0. The Kier molecular flexibility index (Phi) is 3.26. The fourth-order valence-electron chi connectivity index (χ4n) is 0.159. The van der Waals surface area contributed by atoms with Crippen LogP contribution in [0, 0.1) is 0 Å². The van der Waals surface area contributed by atoms with Crippen molar-refractivity contribution < 1.29 is 18.3 Å². The number of hydrogen-bond acceptors (Lipinski definition) is 1. The van der Waals surface area contributed by atoms with E-state index in [1.165, 1.54) is 0 Å². The molecule has 0 amide bonds. The zero-order valence-electron chi connectivity index (χ0n) is 3.89. The fourth-order valence-corrected chi connectivity index (χ4v) is 0.159. The SMILES string of the molecule is OC(C=CF)C(F)F. The maximum atomic E-state index is 11.1. The smallest absolute Gasteiger partial charge is 0.267 e. The lowest BCUT2D eigenvalue weighted by Crippen LogP contribution is -2.13. The van der Waals surface area contributed by atoms with Crippen LogP contribution in [0.25, 0.3) is 0 Å². The van der Waals surface area contributed by atoms with Gasteiger partial charge in [0.05, 0.1) is 6.33 Å². The van der Waals surface area contributed by atoms with Crippen LogP contribution in [0.15, 0.2) is 12.4 Å². The third-order valence-corrected chi connectivity index (χ3v) is 0.528. The predicted molar refractivity (Wildman–Crippen MR) is 22.3 cm³/mol. The molecule has 0 heterocycles. The van der Waals surface area contributed by atoms with Crippen molar-refractivity contribution in [2.75, 3.05) is 0 Å². The molecule has 0 aromatic rings. The predicted octanol–water partition coefficient (Wildman–Crippen LogP) is 1.10. The molecule has 0 aliphatic heterocycles. The second-order valence-electron chi connectivity index (χ2n) is 1.14. The van der Waals surface area contributed by atoms with E-state index in [2.05, 4.69) is 0 Å². The summed E-state index contributed by atoms with van der Waals surface area (Å²) in [7, 11) is 0. The minimum Gasteiger partial charge on any atom is -0.383 e. The molecule has 0 aromatic carbocycles. The van der Waals surface area contributed by atoms with Crippen molar-refractivity contribution in [3.63, 3.8) is 0 Å². The molecule has 0 aliphatic rings. The van der Waals surface area contributed by atoms with Crippen LogP contribution >= 0.6 is 0 Å². The van der Waals surface area contributed by atoms with Crippen LogP contribution in [-0.4, -0.2) is 17.6 Å². The largest absolute Gasteiger partial charge is 0.383 e. The maximum absolute atomic E-state index is 11.1. The lowest BCUT2D eigenvalue weighted by molar-refractivity contribution is 0.0236. The monoisotopic (exact) mass is 126 g/mol. The lowest BCUT2D eigenvalue weighted by Gasteiger charge is -1.99. The van der Waals surface area contributed by atoms with E-state index in [0.717, 1.165) is 0 Å². The topological polar surface area (TPSA) is 20.2 Å². The van der Waals surface area contributed by atoms with E-state index in [4.69, 9.17) is 5.11 Å². The maximum Gasteiger partial charge on any atom is 0.267 e. The highest BCUT2D eigenvalue weighted by atomic mass is 19.3. The molecule has 0 saturated heterocycles. The van der Waals surface area contributed by atoms with Crippen LogP contribution in [0.4, 0.5) is 13.2 Å². The van der Waals surface area contributed by atoms with Crippen LogP contribution in [-0.2, 0) is 0 Å².